The van der Waals surface area contributed by atoms with Crippen molar-refractivity contribution in [3.05, 3.63) is 54.6 Å². The van der Waals surface area contributed by atoms with Crippen LogP contribution in [0.1, 0.15) is 20.3 Å². The van der Waals surface area contributed by atoms with Gasteiger partial charge >= 0.3 is 0 Å². The fourth-order valence-corrected chi connectivity index (χ4v) is 3.34. The molecule has 148 valence electrons. The molecule has 0 spiro atoms. The van der Waals surface area contributed by atoms with Crippen LogP contribution in [-0.4, -0.2) is 44.1 Å². The smallest absolute Gasteiger partial charge is 0.268 e. The molecule has 0 aromatic heterocycles. The van der Waals surface area contributed by atoms with E-state index in [2.05, 4.69) is 29.3 Å². The van der Waals surface area contributed by atoms with Gasteiger partial charge < -0.3 is 15.0 Å². The lowest BCUT2D eigenvalue weighted by Gasteiger charge is -2.33. The number of hydrogen-bond donors (Lipinski definition) is 1. The molecule has 0 bridgehead atoms. The van der Waals surface area contributed by atoms with Gasteiger partial charge in [0.05, 0.1) is 5.69 Å². The highest BCUT2D eigenvalue weighted by Crippen LogP contribution is 2.34. The maximum Gasteiger partial charge on any atom is 0.268 e. The van der Waals surface area contributed by atoms with Crippen LogP contribution in [-0.2, 0) is 9.59 Å². The lowest BCUT2D eigenvalue weighted by atomic mass is 10.1. The number of para-hydroxylation sites is 3. The van der Waals surface area contributed by atoms with Gasteiger partial charge in [-0.05, 0) is 37.6 Å². The summed E-state index contributed by atoms with van der Waals surface area (Å²) in [4.78, 5) is 28.9. The van der Waals surface area contributed by atoms with Crippen molar-refractivity contribution in [1.29, 1.82) is 0 Å². The van der Waals surface area contributed by atoms with Gasteiger partial charge in [0.15, 0.2) is 6.10 Å². The summed E-state index contributed by atoms with van der Waals surface area (Å²) in [6, 6.07) is 17.4. The lowest BCUT2D eigenvalue weighted by Crippen LogP contribution is -2.50. The van der Waals surface area contributed by atoms with Crippen molar-refractivity contribution in [1.82, 2.24) is 5.32 Å². The molecule has 6 nitrogen and oxygen atoms in total. The summed E-state index contributed by atoms with van der Waals surface area (Å²) in [6.07, 6.45) is 0.0183. The molecule has 1 aliphatic rings. The third kappa shape index (κ3) is 4.44. The Hall–Kier alpha value is -3.02. The Morgan fingerprint density at radius 3 is 2.54 bits per heavy atom. The Bertz CT molecular complexity index is 810. The molecule has 0 radical (unpaired) electrons. The Balaban J connectivity index is 1.59. The summed E-state index contributed by atoms with van der Waals surface area (Å²) >= 11 is 0. The summed E-state index contributed by atoms with van der Waals surface area (Å²) in [6.45, 7) is 6.05. The van der Waals surface area contributed by atoms with Gasteiger partial charge in [-0.3, -0.25) is 14.5 Å². The van der Waals surface area contributed by atoms with Gasteiger partial charge in [-0.2, -0.15) is 0 Å². The lowest BCUT2D eigenvalue weighted by molar-refractivity contribution is -0.129. The second-order valence-corrected chi connectivity index (χ2v) is 6.67. The molecule has 2 amide bonds. The van der Waals surface area contributed by atoms with Crippen LogP contribution in [0.4, 0.5) is 11.4 Å². The summed E-state index contributed by atoms with van der Waals surface area (Å²) in [5.41, 5.74) is 1.77. The highest BCUT2D eigenvalue weighted by atomic mass is 16.5. The molecule has 0 saturated heterocycles. The average molecular weight is 381 g/mol. The van der Waals surface area contributed by atoms with Crippen LogP contribution in [0.25, 0.3) is 0 Å². The molecule has 1 heterocycles. The number of carbonyl (C=O) groups excluding carboxylic acids is 2. The van der Waals surface area contributed by atoms with Crippen molar-refractivity contribution in [2.75, 3.05) is 36.0 Å². The maximum absolute atomic E-state index is 12.7. The number of rotatable bonds is 8. The van der Waals surface area contributed by atoms with E-state index in [1.807, 2.05) is 43.3 Å². The van der Waals surface area contributed by atoms with Crippen molar-refractivity contribution in [2.45, 2.75) is 26.4 Å². The minimum Gasteiger partial charge on any atom is -0.478 e. The van der Waals surface area contributed by atoms with Crippen LogP contribution in [0.15, 0.2) is 54.6 Å². The normalized spacial score (nSPS) is 15.6. The summed E-state index contributed by atoms with van der Waals surface area (Å²) in [7, 11) is 0. The van der Waals surface area contributed by atoms with Crippen molar-refractivity contribution in [3.63, 3.8) is 0 Å². The van der Waals surface area contributed by atoms with Crippen LogP contribution in [0.5, 0.6) is 5.75 Å². The van der Waals surface area contributed by atoms with E-state index in [0.29, 0.717) is 30.9 Å². The van der Waals surface area contributed by atoms with Crippen LogP contribution in [0.3, 0.4) is 0 Å². The minimum absolute atomic E-state index is 0.00678. The van der Waals surface area contributed by atoms with Gasteiger partial charge in [0, 0.05) is 25.3 Å². The number of benzene rings is 2. The Morgan fingerprint density at radius 2 is 1.82 bits per heavy atom. The van der Waals surface area contributed by atoms with Crippen molar-refractivity contribution in [3.8, 4) is 5.75 Å². The van der Waals surface area contributed by atoms with E-state index in [1.54, 1.807) is 6.07 Å². The van der Waals surface area contributed by atoms with Gasteiger partial charge in [-0.25, -0.2) is 0 Å². The van der Waals surface area contributed by atoms with E-state index in [-0.39, 0.29) is 18.4 Å². The molecule has 2 aromatic rings. The summed E-state index contributed by atoms with van der Waals surface area (Å²) < 4.78 is 5.75. The van der Waals surface area contributed by atoms with E-state index >= 15 is 0 Å². The molecular formula is C22H27N3O3. The molecule has 2 aromatic carbocycles. The van der Waals surface area contributed by atoms with E-state index < -0.39 is 6.10 Å². The van der Waals surface area contributed by atoms with E-state index in [9.17, 15) is 9.59 Å². The third-order valence-corrected chi connectivity index (χ3v) is 4.85. The third-order valence-electron chi connectivity index (χ3n) is 4.85. The SMILES string of the molecule is CC[C@@H]1Oc2ccccc2N(CC(=O)NCCN(CC)c2ccccc2)C1=O. The zero-order chi connectivity index (χ0) is 19.9. The first-order valence-corrected chi connectivity index (χ1v) is 9.77. The molecule has 0 fully saturated rings. The van der Waals surface area contributed by atoms with Crippen LogP contribution in [0, 0.1) is 0 Å². The molecule has 1 atom stereocenters. The van der Waals surface area contributed by atoms with E-state index in [0.717, 1.165) is 12.2 Å². The quantitative estimate of drug-likeness (QED) is 0.764. The highest BCUT2D eigenvalue weighted by Gasteiger charge is 2.34. The first-order valence-electron chi connectivity index (χ1n) is 9.77. The van der Waals surface area contributed by atoms with Crippen molar-refractivity contribution >= 4 is 23.2 Å². The molecule has 0 aliphatic carbocycles. The molecule has 3 rings (SSSR count). The summed E-state index contributed by atoms with van der Waals surface area (Å²) in [5.74, 6) is 0.294. The average Bonchev–Trinajstić information content (AvgIpc) is 2.73. The zero-order valence-corrected chi connectivity index (χ0v) is 16.4. The van der Waals surface area contributed by atoms with Gasteiger partial charge in [-0.15, -0.1) is 0 Å². The van der Waals surface area contributed by atoms with Crippen LogP contribution < -0.4 is 19.9 Å². The molecule has 1 aliphatic heterocycles. The van der Waals surface area contributed by atoms with E-state index in [1.165, 1.54) is 4.90 Å². The number of hydrogen-bond acceptors (Lipinski definition) is 4. The molecule has 0 saturated carbocycles. The number of likely N-dealkylation sites (N-methyl/N-ethyl adjacent to an activating group) is 1. The molecular weight excluding hydrogens is 354 g/mol. The van der Waals surface area contributed by atoms with Crippen LogP contribution in [0.2, 0.25) is 0 Å². The number of ether oxygens (including phenoxy) is 1. The molecule has 1 N–H and O–H groups in total. The number of nitrogens with one attached hydrogen (secondary N) is 1. The first kappa shape index (κ1) is 19.7. The highest BCUT2D eigenvalue weighted by molar-refractivity contribution is 6.03. The monoisotopic (exact) mass is 381 g/mol. The number of carbonyl (C=O) groups is 2. The molecule has 28 heavy (non-hydrogen) atoms. The zero-order valence-electron chi connectivity index (χ0n) is 16.4. The number of nitrogens with zero attached hydrogens (tertiary/aromatic N) is 2. The number of anilines is 2. The van der Waals surface area contributed by atoms with Crippen LogP contribution >= 0.6 is 0 Å². The Labute approximate surface area is 166 Å². The Kier molecular flexibility index (Phi) is 6.53. The summed E-state index contributed by atoms with van der Waals surface area (Å²) in [5, 5.41) is 2.93. The predicted octanol–water partition coefficient (Wildman–Crippen LogP) is 2.83. The van der Waals surface area contributed by atoms with Gasteiger partial charge in [0.25, 0.3) is 5.91 Å². The largest absolute Gasteiger partial charge is 0.478 e. The first-order chi connectivity index (χ1) is 13.6. The Morgan fingerprint density at radius 1 is 1.11 bits per heavy atom. The fraction of sp³-hybridized carbons (Fsp3) is 0.364. The minimum atomic E-state index is -0.545. The van der Waals surface area contributed by atoms with Gasteiger partial charge in [-0.1, -0.05) is 37.3 Å². The number of amides is 2. The van der Waals surface area contributed by atoms with Crippen molar-refractivity contribution in [2.24, 2.45) is 0 Å². The standard InChI is InChI=1S/C22H27N3O3/c1-3-19-22(27)25(18-12-8-9-13-20(18)28-19)16-21(26)23-14-15-24(4-2)17-10-6-5-7-11-17/h5-13,19H,3-4,14-16H2,1-2H3,(H,23,26)/t19-/m0/s1. The van der Waals surface area contributed by atoms with Gasteiger partial charge in [0.1, 0.15) is 12.3 Å². The topological polar surface area (TPSA) is 61.9 Å². The maximum atomic E-state index is 12.7. The number of fused-ring (bicyclic) bond motifs is 1. The van der Waals surface area contributed by atoms with Gasteiger partial charge in [0.2, 0.25) is 5.91 Å². The second kappa shape index (κ2) is 9.26. The van der Waals surface area contributed by atoms with E-state index in [4.69, 9.17) is 4.74 Å². The molecule has 6 heteroatoms. The fourth-order valence-electron chi connectivity index (χ4n) is 3.34. The van der Waals surface area contributed by atoms with Crippen molar-refractivity contribution < 1.29 is 14.3 Å². The molecule has 0 unspecified atom stereocenters. The second-order valence-electron chi connectivity index (χ2n) is 6.67. The predicted molar refractivity (Wildman–Crippen MR) is 111 cm³/mol.